The Morgan fingerprint density at radius 3 is 2.76 bits per heavy atom. The smallest absolute Gasteiger partial charge is 0.277 e. The molecular formula is C19H25N5O4S. The van der Waals surface area contributed by atoms with E-state index in [9.17, 15) is 18.0 Å². The van der Waals surface area contributed by atoms with Crippen molar-refractivity contribution >= 4 is 21.6 Å². The van der Waals surface area contributed by atoms with Crippen molar-refractivity contribution in [3.05, 3.63) is 33.4 Å². The van der Waals surface area contributed by atoms with E-state index in [0.29, 0.717) is 43.8 Å². The molecule has 0 bridgehead atoms. The van der Waals surface area contributed by atoms with E-state index < -0.39 is 10.0 Å². The van der Waals surface area contributed by atoms with Gasteiger partial charge in [0.25, 0.3) is 5.56 Å². The Bertz CT molecular complexity index is 1150. The molecule has 9 nitrogen and oxygen atoms in total. The number of aromatic nitrogens is 3. The molecule has 2 fully saturated rings. The third-order valence-electron chi connectivity index (χ3n) is 6.31. The lowest BCUT2D eigenvalue weighted by Gasteiger charge is -2.30. The van der Waals surface area contributed by atoms with E-state index in [4.69, 9.17) is 0 Å². The lowest BCUT2D eigenvalue weighted by atomic mass is 9.96. The second kappa shape index (κ2) is 6.66. The summed E-state index contributed by atoms with van der Waals surface area (Å²) >= 11 is 0. The molecule has 1 amide bonds. The highest BCUT2D eigenvalue weighted by atomic mass is 32.2. The van der Waals surface area contributed by atoms with Crippen molar-refractivity contribution in [1.82, 2.24) is 23.8 Å². The van der Waals surface area contributed by atoms with Gasteiger partial charge in [0, 0.05) is 49.7 Å². The normalized spacial score (nSPS) is 23.3. The van der Waals surface area contributed by atoms with Crippen LogP contribution in [0.1, 0.15) is 48.6 Å². The van der Waals surface area contributed by atoms with Gasteiger partial charge in [-0.2, -0.15) is 0 Å². The summed E-state index contributed by atoms with van der Waals surface area (Å²) in [5, 5.41) is 3.15. The quantitative estimate of drug-likeness (QED) is 0.778. The zero-order valence-corrected chi connectivity index (χ0v) is 17.2. The Morgan fingerprint density at radius 2 is 2.03 bits per heavy atom. The van der Waals surface area contributed by atoms with Crippen molar-refractivity contribution in [2.45, 2.75) is 44.6 Å². The molecule has 3 aliphatic rings. The summed E-state index contributed by atoms with van der Waals surface area (Å²) in [6.07, 6.45) is 5.36. The predicted molar refractivity (Wildman–Crippen MR) is 106 cm³/mol. The molecule has 1 N–H and O–H groups in total. The molecule has 0 aromatic carbocycles. The first kappa shape index (κ1) is 18.8. The van der Waals surface area contributed by atoms with Gasteiger partial charge < -0.3 is 4.90 Å². The zero-order chi connectivity index (χ0) is 20.3. The van der Waals surface area contributed by atoms with Gasteiger partial charge in [-0.15, -0.1) is 0 Å². The summed E-state index contributed by atoms with van der Waals surface area (Å²) in [7, 11) is -3.24. The predicted octanol–water partition coefficient (Wildman–Crippen LogP) is 0.456. The van der Waals surface area contributed by atoms with Gasteiger partial charge in [0.05, 0.1) is 24.1 Å². The van der Waals surface area contributed by atoms with E-state index in [0.717, 1.165) is 37.1 Å². The van der Waals surface area contributed by atoms with Crippen LogP contribution in [0, 0.1) is 5.92 Å². The van der Waals surface area contributed by atoms with E-state index >= 15 is 0 Å². The fourth-order valence-electron chi connectivity index (χ4n) is 4.48. The van der Waals surface area contributed by atoms with Crippen LogP contribution in [0.3, 0.4) is 0 Å². The van der Waals surface area contributed by atoms with Crippen LogP contribution in [0.4, 0.5) is 0 Å². The highest BCUT2D eigenvalue weighted by molar-refractivity contribution is 7.88. The van der Waals surface area contributed by atoms with Gasteiger partial charge in [-0.1, -0.05) is 0 Å². The van der Waals surface area contributed by atoms with Crippen LogP contribution >= 0.6 is 0 Å². The Morgan fingerprint density at radius 1 is 1.24 bits per heavy atom. The monoisotopic (exact) mass is 419 g/mol. The number of amides is 1. The van der Waals surface area contributed by atoms with Gasteiger partial charge in [-0.25, -0.2) is 22.2 Å². The fourth-order valence-corrected chi connectivity index (χ4v) is 5.39. The number of sulfonamides is 1. The molecule has 1 saturated heterocycles. The number of carbonyl (C=O) groups excluding carboxylic acids is 1. The van der Waals surface area contributed by atoms with Gasteiger partial charge >= 0.3 is 0 Å². The Hall–Kier alpha value is -2.20. The van der Waals surface area contributed by atoms with Crippen molar-refractivity contribution in [3.63, 3.8) is 0 Å². The number of hydrogen-bond donors (Lipinski definition) is 1. The summed E-state index contributed by atoms with van der Waals surface area (Å²) in [4.78, 5) is 32.0. The Balaban J connectivity index is 1.46. The van der Waals surface area contributed by atoms with Crippen molar-refractivity contribution < 1.29 is 13.2 Å². The van der Waals surface area contributed by atoms with Gasteiger partial charge in [-0.3, -0.25) is 14.7 Å². The number of rotatable bonds is 3. The molecule has 29 heavy (non-hydrogen) atoms. The summed E-state index contributed by atoms with van der Waals surface area (Å²) in [6.45, 7) is 1.87. The fraction of sp³-hybridized carbons (Fsp3) is 0.632. The molecule has 2 aliphatic heterocycles. The average Bonchev–Trinajstić information content (AvgIpc) is 3.46. The van der Waals surface area contributed by atoms with Gasteiger partial charge in [0.2, 0.25) is 15.9 Å². The molecule has 1 saturated carbocycles. The first-order valence-electron chi connectivity index (χ1n) is 10.2. The topological polar surface area (TPSA) is 108 Å². The maximum Gasteiger partial charge on any atom is 0.277 e. The number of fused-ring (bicyclic) bond motifs is 2. The summed E-state index contributed by atoms with van der Waals surface area (Å²) in [5.41, 5.74) is 2.57. The summed E-state index contributed by atoms with van der Waals surface area (Å²) in [6, 6.07) is 1.86. The van der Waals surface area contributed by atoms with Crippen molar-refractivity contribution in [1.29, 1.82) is 0 Å². The first-order chi connectivity index (χ1) is 13.8. The zero-order valence-electron chi connectivity index (χ0n) is 16.4. The molecular weight excluding hydrogens is 394 g/mol. The van der Waals surface area contributed by atoms with E-state index in [-0.39, 0.29) is 23.3 Å². The first-order valence-corrected chi connectivity index (χ1v) is 12.0. The van der Waals surface area contributed by atoms with E-state index in [1.165, 1.54) is 15.1 Å². The van der Waals surface area contributed by atoms with Crippen molar-refractivity contribution in [2.24, 2.45) is 5.92 Å². The number of hydrogen-bond acceptors (Lipinski definition) is 5. The minimum Gasteiger partial charge on any atom is -0.337 e. The van der Waals surface area contributed by atoms with Crippen LogP contribution < -0.4 is 5.56 Å². The molecule has 2 aromatic rings. The van der Waals surface area contributed by atoms with Gasteiger partial charge in [0.1, 0.15) is 0 Å². The molecule has 1 atom stereocenters. The standard InChI is InChI=1S/C19H25N5O4S/c1-29(27,28)23-7-2-3-13(10-23)16-9-17-20-15-6-8-22(18(25)12-4-5-12)11-14(15)19(26)24(17)21-16/h9,12-13,21H,2-8,10-11H2,1H3. The lowest BCUT2D eigenvalue weighted by Crippen LogP contribution is -2.41. The Labute approximate surface area is 168 Å². The van der Waals surface area contributed by atoms with Crippen LogP contribution in [0.25, 0.3) is 5.65 Å². The SMILES string of the molecule is CS(=O)(=O)N1CCCC(c2cc3nc4c(c(=O)n3[nH]2)CN(C(=O)C2CC2)CC4)C1. The molecule has 10 heteroatoms. The van der Waals surface area contributed by atoms with Crippen molar-refractivity contribution in [3.8, 4) is 0 Å². The molecule has 1 unspecified atom stereocenters. The minimum absolute atomic E-state index is 0.00421. The molecule has 0 radical (unpaired) electrons. The van der Waals surface area contributed by atoms with Crippen LogP contribution in [-0.4, -0.2) is 64.0 Å². The van der Waals surface area contributed by atoms with Gasteiger partial charge in [0.15, 0.2) is 5.65 Å². The second-order valence-corrected chi connectivity index (χ2v) is 10.5. The Kier molecular flexibility index (Phi) is 4.32. The highest BCUT2D eigenvalue weighted by Crippen LogP contribution is 2.32. The summed E-state index contributed by atoms with van der Waals surface area (Å²) in [5.74, 6) is 0.289. The lowest BCUT2D eigenvalue weighted by molar-refractivity contribution is -0.133. The molecule has 156 valence electrons. The van der Waals surface area contributed by atoms with Crippen LogP contribution in [-0.2, 0) is 27.8 Å². The van der Waals surface area contributed by atoms with Crippen LogP contribution in [0.2, 0.25) is 0 Å². The largest absolute Gasteiger partial charge is 0.337 e. The second-order valence-electron chi connectivity index (χ2n) is 8.49. The number of H-pyrrole nitrogens is 1. The summed E-state index contributed by atoms with van der Waals surface area (Å²) < 4.78 is 26.8. The van der Waals surface area contributed by atoms with E-state index in [1.807, 2.05) is 6.07 Å². The molecule has 4 heterocycles. The number of nitrogens with zero attached hydrogens (tertiary/aromatic N) is 4. The van der Waals surface area contributed by atoms with Crippen LogP contribution in [0.15, 0.2) is 10.9 Å². The van der Waals surface area contributed by atoms with Crippen LogP contribution in [0.5, 0.6) is 0 Å². The molecule has 5 rings (SSSR count). The maximum atomic E-state index is 13.1. The number of nitrogens with one attached hydrogen (secondary N) is 1. The van der Waals surface area contributed by atoms with Gasteiger partial charge in [-0.05, 0) is 25.7 Å². The average molecular weight is 420 g/mol. The molecule has 0 spiro atoms. The number of piperidine rings is 1. The third-order valence-corrected chi connectivity index (χ3v) is 7.58. The van der Waals surface area contributed by atoms with E-state index in [1.54, 1.807) is 4.90 Å². The van der Waals surface area contributed by atoms with Crippen molar-refractivity contribution in [2.75, 3.05) is 25.9 Å². The number of carbonyl (C=O) groups is 1. The van der Waals surface area contributed by atoms with E-state index in [2.05, 4.69) is 10.1 Å². The molecule has 1 aliphatic carbocycles. The highest BCUT2D eigenvalue weighted by Gasteiger charge is 2.36. The number of aromatic amines is 1. The maximum absolute atomic E-state index is 13.1. The molecule has 2 aromatic heterocycles. The third kappa shape index (κ3) is 3.38. The minimum atomic E-state index is -3.24.